The lowest BCUT2D eigenvalue weighted by Gasteiger charge is -2.44. The van der Waals surface area contributed by atoms with Gasteiger partial charge in [-0.1, -0.05) is 23.8 Å². The van der Waals surface area contributed by atoms with Gasteiger partial charge < -0.3 is 19.7 Å². The fourth-order valence-corrected chi connectivity index (χ4v) is 5.38. The molecule has 3 aliphatic heterocycles. The van der Waals surface area contributed by atoms with Gasteiger partial charge in [0.05, 0.1) is 19.7 Å². The number of hydrogen-bond acceptors (Lipinski definition) is 4. The van der Waals surface area contributed by atoms with E-state index >= 15 is 0 Å². The lowest BCUT2D eigenvalue weighted by Crippen LogP contribution is -2.54. The molecule has 31 heavy (non-hydrogen) atoms. The van der Waals surface area contributed by atoms with Gasteiger partial charge in [-0.3, -0.25) is 9.89 Å². The molecular formula is C25H40N4O2. The van der Waals surface area contributed by atoms with Crippen molar-refractivity contribution in [1.82, 2.24) is 15.1 Å². The molecule has 0 spiro atoms. The summed E-state index contributed by atoms with van der Waals surface area (Å²) < 4.78 is 11.9. The quantitative estimate of drug-likeness (QED) is 0.576. The van der Waals surface area contributed by atoms with E-state index in [-0.39, 0.29) is 11.6 Å². The van der Waals surface area contributed by atoms with E-state index in [1.54, 1.807) is 0 Å². The zero-order valence-electron chi connectivity index (χ0n) is 19.7. The Morgan fingerprint density at radius 3 is 2.61 bits per heavy atom. The van der Waals surface area contributed by atoms with Crippen LogP contribution in [0.5, 0.6) is 0 Å². The highest BCUT2D eigenvalue weighted by molar-refractivity contribution is 5.80. The van der Waals surface area contributed by atoms with Crippen LogP contribution in [0.15, 0.2) is 23.2 Å². The number of benzene rings is 1. The minimum absolute atomic E-state index is 0.0915. The highest BCUT2D eigenvalue weighted by Gasteiger charge is 2.40. The molecule has 1 N–H and O–H groups in total. The second-order valence-electron chi connectivity index (χ2n) is 9.37. The molecule has 0 bridgehead atoms. The van der Waals surface area contributed by atoms with Crippen LogP contribution in [0.25, 0.3) is 0 Å². The topological polar surface area (TPSA) is 49.3 Å². The number of rotatable bonds is 5. The van der Waals surface area contributed by atoms with E-state index in [1.807, 2.05) is 0 Å². The van der Waals surface area contributed by atoms with Gasteiger partial charge in [-0.25, -0.2) is 0 Å². The lowest BCUT2D eigenvalue weighted by molar-refractivity contribution is -0.0156. The van der Waals surface area contributed by atoms with Crippen LogP contribution in [0, 0.1) is 13.8 Å². The van der Waals surface area contributed by atoms with E-state index in [0.29, 0.717) is 0 Å². The lowest BCUT2D eigenvalue weighted by atomic mass is 9.88. The molecule has 3 saturated heterocycles. The Hall–Kier alpha value is -1.63. The SMILES string of the molecule is CCNC(=NCC1(N2CCCC2)CCOCC1)N1CCOC(c2ccc(C)cc2C)C1. The largest absolute Gasteiger partial charge is 0.381 e. The Bertz CT molecular complexity index is 754. The Labute approximate surface area is 188 Å². The van der Waals surface area contributed by atoms with Gasteiger partial charge in [0.1, 0.15) is 6.10 Å². The summed E-state index contributed by atoms with van der Waals surface area (Å²) in [6.45, 7) is 14.8. The third-order valence-corrected chi connectivity index (χ3v) is 7.20. The number of aryl methyl sites for hydroxylation is 2. The highest BCUT2D eigenvalue weighted by Crippen LogP contribution is 2.32. The highest BCUT2D eigenvalue weighted by atomic mass is 16.5. The molecule has 3 heterocycles. The van der Waals surface area contributed by atoms with E-state index in [1.165, 1.54) is 42.6 Å². The van der Waals surface area contributed by atoms with Crippen LogP contribution >= 0.6 is 0 Å². The molecule has 1 atom stereocenters. The zero-order valence-corrected chi connectivity index (χ0v) is 19.7. The molecule has 6 heteroatoms. The van der Waals surface area contributed by atoms with Crippen LogP contribution in [-0.4, -0.2) is 80.4 Å². The standard InChI is InChI=1S/C25H40N4O2/c1-4-26-24(27-19-25(9-14-30-15-10-25)29-11-5-6-12-29)28-13-16-31-23(18-28)22-8-7-20(2)17-21(22)3/h7-8,17,23H,4-6,9-16,18-19H2,1-3H3,(H,26,27). The predicted molar refractivity (Wildman–Crippen MR) is 126 cm³/mol. The molecule has 0 radical (unpaired) electrons. The average molecular weight is 429 g/mol. The molecule has 1 unspecified atom stereocenters. The first-order chi connectivity index (χ1) is 15.1. The summed E-state index contributed by atoms with van der Waals surface area (Å²) >= 11 is 0. The van der Waals surface area contributed by atoms with Gasteiger partial charge in [0.2, 0.25) is 0 Å². The number of hydrogen-bond donors (Lipinski definition) is 1. The first-order valence-electron chi connectivity index (χ1n) is 12.2. The van der Waals surface area contributed by atoms with E-state index in [9.17, 15) is 0 Å². The maximum absolute atomic E-state index is 6.19. The summed E-state index contributed by atoms with van der Waals surface area (Å²) in [6, 6.07) is 6.67. The second-order valence-corrected chi connectivity index (χ2v) is 9.37. The van der Waals surface area contributed by atoms with Gasteiger partial charge >= 0.3 is 0 Å². The van der Waals surface area contributed by atoms with Crippen molar-refractivity contribution in [2.75, 3.05) is 59.1 Å². The fourth-order valence-electron chi connectivity index (χ4n) is 5.38. The maximum atomic E-state index is 6.19. The van der Waals surface area contributed by atoms with Crippen LogP contribution < -0.4 is 5.32 Å². The van der Waals surface area contributed by atoms with Crippen molar-refractivity contribution in [3.05, 3.63) is 34.9 Å². The maximum Gasteiger partial charge on any atom is 0.194 e. The molecule has 0 aromatic heterocycles. The Morgan fingerprint density at radius 2 is 1.90 bits per heavy atom. The molecule has 0 amide bonds. The van der Waals surface area contributed by atoms with Crippen molar-refractivity contribution in [3.63, 3.8) is 0 Å². The van der Waals surface area contributed by atoms with Crippen molar-refractivity contribution >= 4 is 5.96 Å². The van der Waals surface area contributed by atoms with Crippen LogP contribution in [0.2, 0.25) is 0 Å². The zero-order chi connectivity index (χ0) is 21.7. The van der Waals surface area contributed by atoms with E-state index in [2.05, 4.69) is 54.1 Å². The van der Waals surface area contributed by atoms with Gasteiger partial charge in [-0.15, -0.1) is 0 Å². The van der Waals surface area contributed by atoms with Crippen molar-refractivity contribution in [2.45, 2.75) is 58.1 Å². The number of likely N-dealkylation sites (tertiary alicyclic amines) is 1. The van der Waals surface area contributed by atoms with E-state index < -0.39 is 0 Å². The predicted octanol–water partition coefficient (Wildman–Crippen LogP) is 3.29. The van der Waals surface area contributed by atoms with E-state index in [4.69, 9.17) is 14.5 Å². The van der Waals surface area contributed by atoms with Gasteiger partial charge in [0.15, 0.2) is 5.96 Å². The van der Waals surface area contributed by atoms with Crippen molar-refractivity contribution in [2.24, 2.45) is 4.99 Å². The van der Waals surface area contributed by atoms with Crippen molar-refractivity contribution < 1.29 is 9.47 Å². The summed E-state index contributed by atoms with van der Waals surface area (Å²) in [5.41, 5.74) is 4.06. The molecule has 3 fully saturated rings. The number of nitrogens with one attached hydrogen (secondary N) is 1. The summed E-state index contributed by atoms with van der Waals surface area (Å²) in [5.74, 6) is 1.03. The van der Waals surface area contributed by atoms with Crippen LogP contribution in [0.3, 0.4) is 0 Å². The Morgan fingerprint density at radius 1 is 1.13 bits per heavy atom. The number of morpholine rings is 1. The molecule has 1 aromatic rings. The van der Waals surface area contributed by atoms with Crippen molar-refractivity contribution in [1.29, 1.82) is 0 Å². The molecule has 3 aliphatic rings. The summed E-state index contributed by atoms with van der Waals surface area (Å²) in [4.78, 5) is 10.3. The number of ether oxygens (including phenoxy) is 2. The minimum Gasteiger partial charge on any atom is -0.381 e. The summed E-state index contributed by atoms with van der Waals surface area (Å²) in [5, 5.41) is 3.57. The first kappa shape index (κ1) is 22.6. The molecule has 1 aromatic carbocycles. The molecule has 0 saturated carbocycles. The monoisotopic (exact) mass is 428 g/mol. The van der Waals surface area contributed by atoms with Gasteiger partial charge in [0.25, 0.3) is 0 Å². The smallest absolute Gasteiger partial charge is 0.194 e. The first-order valence-corrected chi connectivity index (χ1v) is 12.2. The number of nitrogens with zero attached hydrogens (tertiary/aromatic N) is 3. The normalized spacial score (nSPS) is 25.1. The molecule has 6 nitrogen and oxygen atoms in total. The third kappa shape index (κ3) is 5.24. The second kappa shape index (κ2) is 10.3. The summed E-state index contributed by atoms with van der Waals surface area (Å²) in [6.07, 6.45) is 4.89. The number of guanidine groups is 1. The Balaban J connectivity index is 1.50. The average Bonchev–Trinajstić information content (AvgIpc) is 3.33. The molecule has 172 valence electrons. The molecule has 4 rings (SSSR count). The van der Waals surface area contributed by atoms with Crippen LogP contribution in [0.1, 0.15) is 55.4 Å². The fraction of sp³-hybridized carbons (Fsp3) is 0.720. The third-order valence-electron chi connectivity index (χ3n) is 7.20. The van der Waals surface area contributed by atoms with Crippen molar-refractivity contribution in [3.8, 4) is 0 Å². The molecule has 0 aliphatic carbocycles. The number of aliphatic imine (C=N–C) groups is 1. The minimum atomic E-state index is 0.0915. The Kier molecular flexibility index (Phi) is 7.51. The van der Waals surface area contributed by atoms with E-state index in [0.717, 1.165) is 64.8 Å². The summed E-state index contributed by atoms with van der Waals surface area (Å²) in [7, 11) is 0. The van der Waals surface area contributed by atoms with Crippen LogP contribution in [0.4, 0.5) is 0 Å². The van der Waals surface area contributed by atoms with Gasteiger partial charge in [0, 0.05) is 31.8 Å². The molecular weight excluding hydrogens is 388 g/mol. The van der Waals surface area contributed by atoms with Crippen LogP contribution in [-0.2, 0) is 9.47 Å². The van der Waals surface area contributed by atoms with Gasteiger partial charge in [-0.05, 0) is 70.7 Å². The van der Waals surface area contributed by atoms with Gasteiger partial charge in [-0.2, -0.15) is 0 Å².